The zero-order chi connectivity index (χ0) is 13.9. The predicted octanol–water partition coefficient (Wildman–Crippen LogP) is 2.31. The molecule has 0 amide bonds. The van der Waals surface area contributed by atoms with E-state index in [-0.39, 0.29) is 22.9 Å². The Morgan fingerprint density at radius 1 is 1.58 bits per heavy atom. The summed E-state index contributed by atoms with van der Waals surface area (Å²) in [6.07, 6.45) is 2.15. The Balaban J connectivity index is 1.93. The number of hydrazone groups is 1. The van der Waals surface area contributed by atoms with Gasteiger partial charge in [-0.15, -0.1) is 0 Å². The van der Waals surface area contributed by atoms with E-state index in [0.29, 0.717) is 0 Å². The van der Waals surface area contributed by atoms with Gasteiger partial charge in [-0.3, -0.25) is 9.80 Å². The van der Waals surface area contributed by atoms with Crippen LogP contribution in [-0.2, 0) is 4.79 Å². The van der Waals surface area contributed by atoms with Crippen LogP contribution < -0.4 is 0 Å². The molecular formula is C11H9Cl2F2N3O. The summed E-state index contributed by atoms with van der Waals surface area (Å²) in [5.74, 6) is -3.32. The molecule has 1 aliphatic carbocycles. The fourth-order valence-electron chi connectivity index (χ4n) is 2.29. The highest BCUT2D eigenvalue weighted by atomic mass is 35.5. The van der Waals surface area contributed by atoms with Gasteiger partial charge in [-0.2, -0.15) is 5.10 Å². The van der Waals surface area contributed by atoms with E-state index in [1.807, 2.05) is 0 Å². The van der Waals surface area contributed by atoms with Crippen molar-refractivity contribution in [1.82, 2.24) is 9.91 Å². The molecule has 4 nitrogen and oxygen atoms in total. The van der Waals surface area contributed by atoms with Crippen LogP contribution in [0.2, 0.25) is 0 Å². The topological polar surface area (TPSA) is 35.9 Å². The van der Waals surface area contributed by atoms with Crippen molar-refractivity contribution in [3.63, 3.8) is 0 Å². The third kappa shape index (κ3) is 1.85. The van der Waals surface area contributed by atoms with Gasteiger partial charge in [0.1, 0.15) is 5.84 Å². The third-order valence-corrected chi connectivity index (χ3v) is 3.98. The molecule has 2 heterocycles. The zero-order valence-electron chi connectivity index (χ0n) is 9.78. The Kier molecular flexibility index (Phi) is 2.66. The van der Waals surface area contributed by atoms with Crippen molar-refractivity contribution in [3.8, 4) is 0 Å². The van der Waals surface area contributed by atoms with E-state index in [0.717, 1.165) is 0 Å². The maximum Gasteiger partial charge on any atom is 0.259 e. The lowest BCUT2D eigenvalue weighted by atomic mass is 10.1. The van der Waals surface area contributed by atoms with Gasteiger partial charge in [0.15, 0.2) is 6.17 Å². The van der Waals surface area contributed by atoms with Gasteiger partial charge in [0, 0.05) is 19.7 Å². The van der Waals surface area contributed by atoms with Crippen LogP contribution in [0.3, 0.4) is 0 Å². The van der Waals surface area contributed by atoms with Crippen LogP contribution in [-0.4, -0.2) is 40.1 Å². The lowest BCUT2D eigenvalue weighted by molar-refractivity contribution is -0.108. The Hall–Kier alpha value is -1.14. The molecule has 1 fully saturated rings. The maximum absolute atomic E-state index is 13.2. The molecule has 19 heavy (non-hydrogen) atoms. The highest BCUT2D eigenvalue weighted by molar-refractivity contribution is 6.68. The lowest BCUT2D eigenvalue weighted by Crippen LogP contribution is -2.41. The number of carbonyl (C=O) groups is 1. The van der Waals surface area contributed by atoms with E-state index in [2.05, 4.69) is 5.10 Å². The molecule has 2 aliphatic heterocycles. The summed E-state index contributed by atoms with van der Waals surface area (Å²) in [7, 11) is 1.61. The van der Waals surface area contributed by atoms with Crippen LogP contribution >= 0.6 is 23.2 Å². The molecule has 0 radical (unpaired) electrons. The molecule has 0 spiro atoms. The first-order valence-corrected chi connectivity index (χ1v) is 6.33. The number of allylic oxidation sites excluding steroid dienone is 2. The molecule has 102 valence electrons. The fourth-order valence-corrected chi connectivity index (χ4v) is 2.90. The van der Waals surface area contributed by atoms with Crippen molar-refractivity contribution in [2.75, 3.05) is 7.05 Å². The Morgan fingerprint density at radius 3 is 2.74 bits per heavy atom. The molecule has 3 aliphatic rings. The van der Waals surface area contributed by atoms with E-state index >= 15 is 0 Å². The summed E-state index contributed by atoms with van der Waals surface area (Å²) >= 11 is 11.5. The van der Waals surface area contributed by atoms with Crippen molar-refractivity contribution in [1.29, 1.82) is 0 Å². The van der Waals surface area contributed by atoms with E-state index in [1.165, 1.54) is 17.3 Å². The average Bonchev–Trinajstić information content (AvgIpc) is 2.79. The van der Waals surface area contributed by atoms with E-state index in [1.54, 1.807) is 11.9 Å². The quantitative estimate of drug-likeness (QED) is 0.735. The number of hydrogen-bond donors (Lipinski definition) is 0. The average molecular weight is 308 g/mol. The predicted molar refractivity (Wildman–Crippen MR) is 66.8 cm³/mol. The zero-order valence-corrected chi connectivity index (χ0v) is 11.3. The van der Waals surface area contributed by atoms with Crippen molar-refractivity contribution >= 4 is 34.3 Å². The summed E-state index contributed by atoms with van der Waals surface area (Å²) in [5.41, 5.74) is 0.162. The van der Waals surface area contributed by atoms with Crippen LogP contribution in [0, 0.1) is 5.92 Å². The minimum atomic E-state index is -2.71. The van der Waals surface area contributed by atoms with Crippen molar-refractivity contribution in [3.05, 3.63) is 22.9 Å². The Bertz CT molecular complexity index is 558. The van der Waals surface area contributed by atoms with E-state index in [9.17, 15) is 13.6 Å². The molecule has 3 rings (SSSR count). The second kappa shape index (κ2) is 3.93. The van der Waals surface area contributed by atoms with Crippen LogP contribution in [0.25, 0.3) is 0 Å². The van der Waals surface area contributed by atoms with E-state index in [4.69, 9.17) is 23.2 Å². The van der Waals surface area contributed by atoms with Gasteiger partial charge in [-0.05, 0) is 17.7 Å². The van der Waals surface area contributed by atoms with Crippen LogP contribution in [0.1, 0.15) is 6.42 Å². The minimum absolute atomic E-state index is 0.162. The lowest BCUT2D eigenvalue weighted by Gasteiger charge is -2.30. The van der Waals surface area contributed by atoms with Crippen molar-refractivity contribution < 1.29 is 13.6 Å². The highest BCUT2D eigenvalue weighted by Gasteiger charge is 2.62. The number of likely N-dealkylation sites (N-methyl/N-ethyl adjacent to an activating group) is 1. The molecule has 0 aromatic heterocycles. The van der Waals surface area contributed by atoms with Gasteiger partial charge in [0.25, 0.3) is 11.2 Å². The SMILES string of the molecule is CN1N=C(C2CC2(F)F)N2C=CC(C(=O)Cl)=C(Cl)C12. The minimum Gasteiger partial charge on any atom is -0.307 e. The van der Waals surface area contributed by atoms with Gasteiger partial charge in [0.2, 0.25) is 0 Å². The Morgan fingerprint density at radius 2 is 2.21 bits per heavy atom. The summed E-state index contributed by atoms with van der Waals surface area (Å²) in [6, 6.07) is 0. The van der Waals surface area contributed by atoms with Crippen LogP contribution in [0.5, 0.6) is 0 Å². The van der Waals surface area contributed by atoms with Crippen LogP contribution in [0.15, 0.2) is 28.0 Å². The number of halogens is 4. The number of nitrogens with zero attached hydrogens (tertiary/aromatic N) is 3. The summed E-state index contributed by atoms with van der Waals surface area (Å²) in [4.78, 5) is 12.8. The molecular weight excluding hydrogens is 299 g/mol. The van der Waals surface area contributed by atoms with Gasteiger partial charge in [0.05, 0.1) is 16.5 Å². The molecule has 0 bridgehead atoms. The van der Waals surface area contributed by atoms with Crippen molar-refractivity contribution in [2.24, 2.45) is 11.0 Å². The van der Waals surface area contributed by atoms with Gasteiger partial charge in [-0.1, -0.05) is 11.6 Å². The summed E-state index contributed by atoms with van der Waals surface area (Å²) in [6.45, 7) is 0. The number of alkyl halides is 2. The first kappa shape index (κ1) is 12.9. The number of fused-ring (bicyclic) bond motifs is 1. The fraction of sp³-hybridized carbons (Fsp3) is 0.455. The second-order valence-corrected chi connectivity index (χ2v) is 5.43. The molecule has 0 aromatic rings. The van der Waals surface area contributed by atoms with Crippen molar-refractivity contribution in [2.45, 2.75) is 18.5 Å². The summed E-state index contributed by atoms with van der Waals surface area (Å²) < 4.78 is 26.3. The molecule has 0 aromatic carbocycles. The number of hydrogen-bond acceptors (Lipinski definition) is 4. The summed E-state index contributed by atoms with van der Waals surface area (Å²) in [5, 5.41) is 5.07. The second-order valence-electron chi connectivity index (χ2n) is 4.68. The normalized spacial score (nSPS) is 31.5. The maximum atomic E-state index is 13.2. The first-order valence-electron chi connectivity index (χ1n) is 5.58. The molecule has 0 N–H and O–H groups in total. The number of carbonyl (C=O) groups excluding carboxylic acids is 1. The van der Waals surface area contributed by atoms with E-state index < -0.39 is 23.2 Å². The monoisotopic (exact) mass is 307 g/mol. The molecule has 0 saturated heterocycles. The molecule has 1 saturated carbocycles. The van der Waals surface area contributed by atoms with Gasteiger partial charge >= 0.3 is 0 Å². The van der Waals surface area contributed by atoms with Gasteiger partial charge in [-0.25, -0.2) is 8.78 Å². The highest BCUT2D eigenvalue weighted by Crippen LogP contribution is 2.52. The van der Waals surface area contributed by atoms with Crippen LogP contribution in [0.4, 0.5) is 8.78 Å². The first-order chi connectivity index (χ1) is 8.83. The Labute approximate surface area is 117 Å². The third-order valence-electron chi connectivity index (χ3n) is 3.38. The van der Waals surface area contributed by atoms with Gasteiger partial charge < -0.3 is 4.90 Å². The largest absolute Gasteiger partial charge is 0.307 e. The molecule has 8 heteroatoms. The standard InChI is InChI=1S/C11H9Cl2F2N3O/c1-17-10-7(12)5(8(13)19)2-3-18(10)9(16-17)6-4-11(6,14)15/h2-3,6,10H,4H2,1H3. The molecule has 2 unspecified atom stereocenters. The molecule has 2 atom stereocenters. The smallest absolute Gasteiger partial charge is 0.259 e. The number of amidine groups is 1. The number of rotatable bonds is 2.